The molecule has 3 heterocycles. The number of nitrogens with zero attached hydrogens (tertiary/aromatic N) is 7. The fourth-order valence-electron chi connectivity index (χ4n) is 3.93. The first kappa shape index (κ1) is 28.0. The molecule has 0 aliphatic carbocycles. The molecule has 0 aromatic carbocycles. The summed E-state index contributed by atoms with van der Waals surface area (Å²) in [7, 11) is 0. The number of hydrogen-bond donors (Lipinski definition) is 0. The Morgan fingerprint density at radius 1 is 0.541 bits per heavy atom. The third-order valence-corrected chi connectivity index (χ3v) is 6.05. The van der Waals surface area contributed by atoms with E-state index in [1.54, 1.807) is 0 Å². The van der Waals surface area contributed by atoms with E-state index >= 15 is 0 Å². The van der Waals surface area contributed by atoms with Crippen LogP contribution in [0.15, 0.2) is 88.2 Å². The van der Waals surface area contributed by atoms with Crippen molar-refractivity contribution < 1.29 is 0 Å². The first-order valence-corrected chi connectivity index (χ1v) is 13.1. The lowest BCUT2D eigenvalue weighted by Crippen LogP contribution is -2.28. The maximum Gasteiger partial charge on any atom is 0.0836 e. The highest BCUT2D eigenvalue weighted by atomic mass is 15.1. The van der Waals surface area contributed by atoms with Crippen LogP contribution in [-0.2, 0) is 0 Å². The van der Waals surface area contributed by atoms with Gasteiger partial charge in [-0.1, -0.05) is 18.2 Å². The van der Waals surface area contributed by atoms with Gasteiger partial charge in [0.15, 0.2) is 0 Å². The SMILES string of the molecule is CC(=NCCCN(CCCN=C(C)c1ccccn1)CCCN=C(C)c1ccccn1)c1ccccn1. The first-order chi connectivity index (χ1) is 18.1. The van der Waals surface area contributed by atoms with Gasteiger partial charge in [-0.25, -0.2) is 0 Å². The molecular formula is C30H39N7. The Labute approximate surface area is 221 Å². The molecule has 0 atom stereocenters. The van der Waals surface area contributed by atoms with E-state index in [1.807, 2.05) is 94.0 Å². The van der Waals surface area contributed by atoms with Crippen LogP contribution in [0.25, 0.3) is 0 Å². The zero-order valence-electron chi connectivity index (χ0n) is 22.4. The molecule has 3 rings (SSSR count). The summed E-state index contributed by atoms with van der Waals surface area (Å²) in [5.74, 6) is 0. The normalized spacial score (nSPS) is 12.8. The Bertz CT molecular complexity index is 980. The standard InChI is InChI=1S/C30H39N7/c1-25(28-13-4-7-16-34-28)31-19-10-22-37(23-11-20-32-26(2)29-14-5-8-17-35-29)24-12-21-33-27(3)30-15-6-9-18-36-30/h4-9,13-18H,10-12,19-24H2,1-3H3. The summed E-state index contributed by atoms with van der Waals surface area (Å²) in [6.45, 7) is 11.5. The van der Waals surface area contributed by atoms with Gasteiger partial charge in [-0.2, -0.15) is 0 Å². The van der Waals surface area contributed by atoms with Gasteiger partial charge in [0.1, 0.15) is 0 Å². The maximum atomic E-state index is 4.74. The Morgan fingerprint density at radius 2 is 0.865 bits per heavy atom. The molecule has 3 aromatic rings. The number of rotatable bonds is 15. The molecule has 0 N–H and O–H groups in total. The van der Waals surface area contributed by atoms with E-state index in [9.17, 15) is 0 Å². The number of pyridine rings is 3. The molecule has 0 aliphatic heterocycles. The van der Waals surface area contributed by atoms with Crippen molar-refractivity contribution in [3.63, 3.8) is 0 Å². The van der Waals surface area contributed by atoms with Crippen LogP contribution in [0.3, 0.4) is 0 Å². The number of hydrogen-bond acceptors (Lipinski definition) is 7. The van der Waals surface area contributed by atoms with Crippen molar-refractivity contribution in [1.29, 1.82) is 0 Å². The second-order valence-electron chi connectivity index (χ2n) is 8.95. The van der Waals surface area contributed by atoms with Crippen LogP contribution in [-0.4, -0.2) is 76.3 Å². The van der Waals surface area contributed by atoms with Gasteiger partial charge in [0, 0.05) is 38.2 Å². The Kier molecular flexibility index (Phi) is 12.3. The van der Waals surface area contributed by atoms with Gasteiger partial charge < -0.3 is 4.90 Å². The van der Waals surface area contributed by atoms with E-state index in [0.717, 1.165) is 92.7 Å². The summed E-state index contributed by atoms with van der Waals surface area (Å²) in [6, 6.07) is 17.8. The van der Waals surface area contributed by atoms with Crippen LogP contribution >= 0.6 is 0 Å². The predicted molar refractivity (Wildman–Crippen MR) is 154 cm³/mol. The van der Waals surface area contributed by atoms with Gasteiger partial charge in [-0.15, -0.1) is 0 Å². The van der Waals surface area contributed by atoms with Crippen molar-refractivity contribution >= 4 is 17.1 Å². The van der Waals surface area contributed by atoms with Crippen molar-refractivity contribution in [1.82, 2.24) is 19.9 Å². The molecule has 0 radical (unpaired) electrons. The molecule has 0 saturated heterocycles. The number of aliphatic imine (C=N–C) groups is 3. The minimum Gasteiger partial charge on any atom is -0.303 e. The summed E-state index contributed by atoms with van der Waals surface area (Å²) in [5.41, 5.74) is 5.81. The highest BCUT2D eigenvalue weighted by molar-refractivity contribution is 5.97. The van der Waals surface area contributed by atoms with Gasteiger partial charge >= 0.3 is 0 Å². The summed E-state index contributed by atoms with van der Waals surface area (Å²) in [6.07, 6.45) is 8.47. The molecule has 0 saturated carbocycles. The van der Waals surface area contributed by atoms with Crippen LogP contribution in [0.2, 0.25) is 0 Å². The summed E-state index contributed by atoms with van der Waals surface area (Å²) < 4.78 is 0. The fraction of sp³-hybridized carbons (Fsp3) is 0.400. The molecule has 0 bridgehead atoms. The van der Waals surface area contributed by atoms with Crippen molar-refractivity contribution in [3.05, 3.63) is 90.3 Å². The van der Waals surface area contributed by atoms with E-state index in [1.165, 1.54) is 0 Å². The average molecular weight is 498 g/mol. The zero-order chi connectivity index (χ0) is 26.1. The monoisotopic (exact) mass is 497 g/mol. The first-order valence-electron chi connectivity index (χ1n) is 13.1. The smallest absolute Gasteiger partial charge is 0.0836 e. The fourth-order valence-corrected chi connectivity index (χ4v) is 3.93. The topological polar surface area (TPSA) is 79.0 Å². The van der Waals surface area contributed by atoms with Crippen LogP contribution in [0, 0.1) is 0 Å². The van der Waals surface area contributed by atoms with Gasteiger partial charge in [0.25, 0.3) is 0 Å². The molecule has 0 unspecified atom stereocenters. The lowest BCUT2D eigenvalue weighted by Gasteiger charge is -2.21. The summed E-state index contributed by atoms with van der Waals surface area (Å²) in [4.78, 5) is 29.9. The summed E-state index contributed by atoms with van der Waals surface area (Å²) >= 11 is 0. The third kappa shape index (κ3) is 10.5. The average Bonchev–Trinajstić information content (AvgIpc) is 2.96. The maximum absolute atomic E-state index is 4.74. The van der Waals surface area contributed by atoms with Crippen LogP contribution in [0.1, 0.15) is 57.1 Å². The van der Waals surface area contributed by atoms with E-state index in [-0.39, 0.29) is 0 Å². The molecule has 0 spiro atoms. The van der Waals surface area contributed by atoms with Gasteiger partial charge in [0.05, 0.1) is 34.2 Å². The third-order valence-electron chi connectivity index (χ3n) is 6.05. The Hall–Kier alpha value is -3.58. The molecule has 3 aromatic heterocycles. The quantitative estimate of drug-likeness (QED) is 0.214. The zero-order valence-corrected chi connectivity index (χ0v) is 22.4. The van der Waals surface area contributed by atoms with Crippen molar-refractivity contribution in [2.75, 3.05) is 39.3 Å². The minimum atomic E-state index is 0.798. The molecular weight excluding hydrogens is 458 g/mol. The van der Waals surface area contributed by atoms with E-state index < -0.39 is 0 Å². The minimum absolute atomic E-state index is 0.798. The van der Waals surface area contributed by atoms with Gasteiger partial charge in [-0.05, 0) is 96.1 Å². The predicted octanol–water partition coefficient (Wildman–Crippen LogP) is 5.17. The lowest BCUT2D eigenvalue weighted by atomic mass is 10.2. The van der Waals surface area contributed by atoms with Gasteiger partial charge in [0.2, 0.25) is 0 Å². The van der Waals surface area contributed by atoms with Crippen LogP contribution in [0.5, 0.6) is 0 Å². The van der Waals surface area contributed by atoms with Crippen LogP contribution in [0.4, 0.5) is 0 Å². The second kappa shape index (κ2) is 16.2. The van der Waals surface area contributed by atoms with E-state index in [2.05, 4.69) is 19.9 Å². The highest BCUT2D eigenvalue weighted by Crippen LogP contribution is 2.03. The van der Waals surface area contributed by atoms with Crippen LogP contribution < -0.4 is 0 Å². The molecule has 194 valence electrons. The Balaban J connectivity index is 1.48. The van der Waals surface area contributed by atoms with Gasteiger partial charge in [-0.3, -0.25) is 29.9 Å². The lowest BCUT2D eigenvalue weighted by molar-refractivity contribution is 0.268. The van der Waals surface area contributed by atoms with Crippen molar-refractivity contribution in [3.8, 4) is 0 Å². The highest BCUT2D eigenvalue weighted by Gasteiger charge is 2.06. The molecule has 7 nitrogen and oxygen atoms in total. The molecule has 37 heavy (non-hydrogen) atoms. The molecule has 7 heteroatoms. The van der Waals surface area contributed by atoms with Crippen molar-refractivity contribution in [2.45, 2.75) is 40.0 Å². The van der Waals surface area contributed by atoms with E-state index in [0.29, 0.717) is 0 Å². The van der Waals surface area contributed by atoms with E-state index in [4.69, 9.17) is 15.0 Å². The molecule has 0 amide bonds. The second-order valence-corrected chi connectivity index (χ2v) is 8.95. The summed E-state index contributed by atoms with van der Waals surface area (Å²) in [5, 5.41) is 0. The number of aromatic nitrogens is 3. The Morgan fingerprint density at radius 3 is 1.14 bits per heavy atom. The molecule has 0 aliphatic rings. The largest absolute Gasteiger partial charge is 0.303 e. The molecule has 0 fully saturated rings. The van der Waals surface area contributed by atoms with Crippen molar-refractivity contribution in [2.24, 2.45) is 15.0 Å².